The summed E-state index contributed by atoms with van der Waals surface area (Å²) in [5.74, 6) is -1.73. The van der Waals surface area contributed by atoms with E-state index < -0.39 is 42.5 Å². The molecule has 0 saturated carbocycles. The topological polar surface area (TPSA) is 80.3 Å². The maximum absolute atomic E-state index is 13.7. The Morgan fingerprint density at radius 1 is 1.11 bits per heavy atom. The van der Waals surface area contributed by atoms with E-state index in [0.717, 1.165) is 12.1 Å². The van der Waals surface area contributed by atoms with Gasteiger partial charge in [0, 0.05) is 6.04 Å². The van der Waals surface area contributed by atoms with E-state index >= 15 is 0 Å². The first-order valence-corrected chi connectivity index (χ1v) is 12.1. The Kier molecular flexibility index (Phi) is 5.88. The lowest BCUT2D eigenvalue weighted by Gasteiger charge is -2.21. The Morgan fingerprint density at radius 2 is 1.82 bits per heavy atom. The molecule has 5 nitrogen and oxygen atoms in total. The Labute approximate surface area is 163 Å². The summed E-state index contributed by atoms with van der Waals surface area (Å²) in [4.78, 5) is -0.0723. The van der Waals surface area contributed by atoms with E-state index in [4.69, 9.17) is 0 Å². The predicted molar refractivity (Wildman–Crippen MR) is 103 cm³/mol. The van der Waals surface area contributed by atoms with Crippen molar-refractivity contribution in [3.05, 3.63) is 65.2 Å². The van der Waals surface area contributed by atoms with Crippen LogP contribution in [0.15, 0.2) is 47.4 Å². The van der Waals surface area contributed by atoms with Gasteiger partial charge >= 0.3 is 0 Å². The quantitative estimate of drug-likeness (QED) is 0.711. The second kappa shape index (κ2) is 7.88. The fourth-order valence-corrected chi connectivity index (χ4v) is 8.44. The number of hydrogen-bond acceptors (Lipinski definition) is 5. The summed E-state index contributed by atoms with van der Waals surface area (Å²) < 4.78 is 77.5. The first-order valence-electron chi connectivity index (χ1n) is 8.77. The molecule has 0 aliphatic carbocycles. The highest BCUT2D eigenvalue weighted by molar-refractivity contribution is 7.96. The molecule has 28 heavy (non-hydrogen) atoms. The van der Waals surface area contributed by atoms with Crippen molar-refractivity contribution < 1.29 is 25.6 Å². The predicted octanol–water partition coefficient (Wildman–Crippen LogP) is 2.04. The summed E-state index contributed by atoms with van der Waals surface area (Å²) in [6.07, 6.45) is 0.297. The standard InChI is InChI=1S/C19H21F2NO4S2/c1-13-10-15(20)6-7-18(13)28(25,26)19-12-27(23,24)11-17(19)22-9-8-14-4-2-3-5-16(14)21/h2-7,10,17,19,22H,8-9,11-12H2,1H3/t17-,19-/m0/s1. The van der Waals surface area contributed by atoms with Gasteiger partial charge in [0.15, 0.2) is 19.7 Å². The van der Waals surface area contributed by atoms with Crippen molar-refractivity contribution in [2.75, 3.05) is 18.1 Å². The molecule has 3 rings (SSSR count). The van der Waals surface area contributed by atoms with Crippen LogP contribution in [0, 0.1) is 18.6 Å². The second-order valence-corrected chi connectivity index (χ2v) is 11.3. The van der Waals surface area contributed by atoms with Gasteiger partial charge in [-0.2, -0.15) is 0 Å². The lowest BCUT2D eigenvalue weighted by Crippen LogP contribution is -2.44. The molecule has 2 aromatic rings. The summed E-state index contributed by atoms with van der Waals surface area (Å²) in [6.45, 7) is 1.70. The summed E-state index contributed by atoms with van der Waals surface area (Å²) in [5, 5.41) is 1.79. The number of halogens is 2. The van der Waals surface area contributed by atoms with Crippen LogP contribution in [-0.2, 0) is 26.1 Å². The molecule has 0 amide bonds. The lowest BCUT2D eigenvalue weighted by atomic mass is 10.1. The van der Waals surface area contributed by atoms with E-state index in [1.165, 1.54) is 19.1 Å². The second-order valence-electron chi connectivity index (χ2n) is 6.97. The van der Waals surface area contributed by atoms with Gasteiger partial charge in [0.05, 0.1) is 21.7 Å². The van der Waals surface area contributed by atoms with Gasteiger partial charge in [-0.3, -0.25) is 0 Å². The van der Waals surface area contributed by atoms with Crippen molar-refractivity contribution in [3.8, 4) is 0 Å². The van der Waals surface area contributed by atoms with Crippen molar-refractivity contribution >= 4 is 19.7 Å². The maximum atomic E-state index is 13.7. The maximum Gasteiger partial charge on any atom is 0.184 e. The van der Waals surface area contributed by atoms with Crippen molar-refractivity contribution in [1.29, 1.82) is 0 Å². The first-order chi connectivity index (χ1) is 13.1. The normalized spacial score (nSPS) is 21.7. The number of hydrogen-bond donors (Lipinski definition) is 1. The summed E-state index contributed by atoms with van der Waals surface area (Å²) in [7, 11) is -7.54. The molecule has 1 heterocycles. The van der Waals surface area contributed by atoms with Crippen LogP contribution in [0.2, 0.25) is 0 Å². The molecule has 1 N–H and O–H groups in total. The van der Waals surface area contributed by atoms with E-state index in [1.807, 2.05) is 0 Å². The fraction of sp³-hybridized carbons (Fsp3) is 0.368. The number of benzene rings is 2. The van der Waals surface area contributed by atoms with Gasteiger partial charge in [0.1, 0.15) is 11.6 Å². The molecular formula is C19H21F2NO4S2. The van der Waals surface area contributed by atoms with E-state index in [0.29, 0.717) is 12.0 Å². The zero-order valence-electron chi connectivity index (χ0n) is 15.2. The van der Waals surface area contributed by atoms with E-state index in [1.54, 1.807) is 18.2 Å². The monoisotopic (exact) mass is 429 g/mol. The van der Waals surface area contributed by atoms with E-state index in [-0.39, 0.29) is 28.6 Å². The third kappa shape index (κ3) is 4.42. The van der Waals surface area contributed by atoms with Crippen LogP contribution in [0.1, 0.15) is 11.1 Å². The Morgan fingerprint density at radius 3 is 2.50 bits per heavy atom. The highest BCUT2D eigenvalue weighted by Gasteiger charge is 2.45. The molecular weight excluding hydrogens is 408 g/mol. The molecule has 152 valence electrons. The minimum atomic E-state index is -3.99. The minimum absolute atomic E-state index is 0.0723. The molecule has 0 unspecified atom stereocenters. The van der Waals surface area contributed by atoms with Crippen molar-refractivity contribution in [1.82, 2.24) is 5.32 Å². The van der Waals surface area contributed by atoms with Crippen molar-refractivity contribution in [2.24, 2.45) is 0 Å². The zero-order valence-corrected chi connectivity index (χ0v) is 16.9. The number of rotatable bonds is 6. The zero-order chi connectivity index (χ0) is 20.5. The Balaban J connectivity index is 1.81. The van der Waals surface area contributed by atoms with Gasteiger partial charge in [0.2, 0.25) is 0 Å². The van der Waals surface area contributed by atoms with Crippen LogP contribution in [-0.4, -0.2) is 46.2 Å². The van der Waals surface area contributed by atoms with Gasteiger partial charge in [0.25, 0.3) is 0 Å². The number of sulfone groups is 2. The lowest BCUT2D eigenvalue weighted by molar-refractivity contribution is 0.523. The number of nitrogens with one attached hydrogen (secondary N) is 1. The van der Waals surface area contributed by atoms with E-state index in [9.17, 15) is 25.6 Å². The molecule has 1 aliphatic rings. The van der Waals surface area contributed by atoms with Crippen LogP contribution in [0.4, 0.5) is 8.78 Å². The molecule has 9 heteroatoms. The summed E-state index contributed by atoms with van der Waals surface area (Å²) in [5.41, 5.74) is 0.694. The van der Waals surface area contributed by atoms with Gasteiger partial charge < -0.3 is 5.32 Å². The highest BCUT2D eigenvalue weighted by Crippen LogP contribution is 2.28. The van der Waals surface area contributed by atoms with Gasteiger partial charge in [-0.25, -0.2) is 25.6 Å². The highest BCUT2D eigenvalue weighted by atomic mass is 32.2. The van der Waals surface area contributed by atoms with Crippen molar-refractivity contribution in [3.63, 3.8) is 0 Å². The van der Waals surface area contributed by atoms with Crippen LogP contribution in [0.5, 0.6) is 0 Å². The van der Waals surface area contributed by atoms with Crippen molar-refractivity contribution in [2.45, 2.75) is 29.5 Å². The van der Waals surface area contributed by atoms with Crippen LogP contribution in [0.25, 0.3) is 0 Å². The summed E-state index contributed by atoms with van der Waals surface area (Å²) >= 11 is 0. The third-order valence-corrected chi connectivity index (χ3v) is 9.21. The molecule has 0 spiro atoms. The molecule has 1 saturated heterocycles. The Bertz CT molecular complexity index is 1080. The first kappa shape index (κ1) is 20.9. The van der Waals surface area contributed by atoms with Gasteiger partial charge in [-0.05, 0) is 55.3 Å². The average molecular weight is 430 g/mol. The van der Waals surface area contributed by atoms with Crippen LogP contribution in [0.3, 0.4) is 0 Å². The molecule has 0 aromatic heterocycles. The minimum Gasteiger partial charge on any atom is -0.311 e. The Hall–Kier alpha value is -1.84. The average Bonchev–Trinajstić information content (AvgIpc) is 2.92. The van der Waals surface area contributed by atoms with Gasteiger partial charge in [-0.1, -0.05) is 18.2 Å². The molecule has 2 aromatic carbocycles. The molecule has 1 fully saturated rings. The largest absolute Gasteiger partial charge is 0.311 e. The molecule has 0 bridgehead atoms. The summed E-state index contributed by atoms with van der Waals surface area (Å²) in [6, 6.07) is 8.74. The van der Waals surface area contributed by atoms with E-state index in [2.05, 4.69) is 5.32 Å². The third-order valence-electron chi connectivity index (χ3n) is 4.90. The molecule has 2 atom stereocenters. The smallest absolute Gasteiger partial charge is 0.184 e. The van der Waals surface area contributed by atoms with Gasteiger partial charge in [-0.15, -0.1) is 0 Å². The number of aryl methyl sites for hydroxylation is 1. The van der Waals surface area contributed by atoms with Crippen LogP contribution < -0.4 is 5.32 Å². The molecule has 0 radical (unpaired) electrons. The molecule has 1 aliphatic heterocycles. The fourth-order valence-electron chi connectivity index (χ4n) is 3.50. The SMILES string of the molecule is Cc1cc(F)ccc1S(=O)(=O)[C@H]1CS(=O)(=O)C[C@@H]1NCCc1ccccc1F. The van der Waals surface area contributed by atoms with Crippen LogP contribution >= 0.6 is 0 Å².